The first-order valence-electron chi connectivity index (χ1n) is 10.5. The number of nitrogens with zero attached hydrogens (tertiary/aromatic N) is 2. The molecule has 170 valence electrons. The third kappa shape index (κ3) is 4.43. The number of pyridine rings is 1. The standard InChI is InChI=1S/C24H22F2N4O3/c1-13(2)10-30(24(32)28-16-4-6-19(26)14(7-16)9-27)21-12-33-11-20-22(21)17-5-3-15(25)8-18(17)23(31)29-20/h3-8,13,21H,10-12H2,1-2H3,(H,28,32)(H,29,31). The number of urea groups is 1. The molecule has 4 rings (SSSR count). The molecule has 1 atom stereocenters. The van der Waals surface area contributed by atoms with Gasteiger partial charge in [0.05, 0.1) is 30.2 Å². The monoisotopic (exact) mass is 452 g/mol. The zero-order chi connectivity index (χ0) is 23.7. The van der Waals surface area contributed by atoms with Crippen LogP contribution in [0.15, 0.2) is 41.2 Å². The first-order valence-corrected chi connectivity index (χ1v) is 10.5. The number of hydrogen-bond acceptors (Lipinski definition) is 4. The van der Waals surface area contributed by atoms with E-state index in [0.717, 1.165) is 6.07 Å². The maximum Gasteiger partial charge on any atom is 0.322 e. The Hall–Kier alpha value is -3.77. The zero-order valence-corrected chi connectivity index (χ0v) is 18.1. The van der Waals surface area contributed by atoms with Crippen molar-refractivity contribution in [3.8, 4) is 6.07 Å². The number of rotatable bonds is 4. The molecule has 0 radical (unpaired) electrons. The molecule has 0 bridgehead atoms. The van der Waals surface area contributed by atoms with Gasteiger partial charge in [-0.25, -0.2) is 13.6 Å². The van der Waals surface area contributed by atoms with Crippen molar-refractivity contribution < 1.29 is 18.3 Å². The van der Waals surface area contributed by atoms with Gasteiger partial charge in [-0.3, -0.25) is 4.79 Å². The fraction of sp³-hybridized carbons (Fsp3) is 0.292. The molecular weight excluding hydrogens is 430 g/mol. The number of anilines is 1. The minimum atomic E-state index is -0.674. The van der Waals surface area contributed by atoms with E-state index in [9.17, 15) is 18.4 Å². The largest absolute Gasteiger partial charge is 0.373 e. The molecule has 0 saturated heterocycles. The van der Waals surface area contributed by atoms with Gasteiger partial charge >= 0.3 is 6.03 Å². The lowest BCUT2D eigenvalue weighted by atomic mass is 9.95. The zero-order valence-electron chi connectivity index (χ0n) is 18.1. The highest BCUT2D eigenvalue weighted by atomic mass is 19.1. The molecule has 2 N–H and O–H groups in total. The van der Waals surface area contributed by atoms with Crippen molar-refractivity contribution >= 4 is 22.5 Å². The van der Waals surface area contributed by atoms with Gasteiger partial charge in [-0.05, 0) is 41.6 Å². The normalized spacial score (nSPS) is 15.2. The van der Waals surface area contributed by atoms with Crippen LogP contribution in [-0.4, -0.2) is 29.1 Å². The summed E-state index contributed by atoms with van der Waals surface area (Å²) in [5.74, 6) is -1.11. The Kier molecular flexibility index (Phi) is 6.11. The molecule has 3 aromatic rings. The minimum absolute atomic E-state index is 0.0930. The summed E-state index contributed by atoms with van der Waals surface area (Å²) in [4.78, 5) is 30.2. The van der Waals surface area contributed by atoms with Crippen LogP contribution in [0.2, 0.25) is 0 Å². The molecule has 0 spiro atoms. The van der Waals surface area contributed by atoms with E-state index < -0.39 is 29.3 Å². The number of fused-ring (bicyclic) bond motifs is 3. The summed E-state index contributed by atoms with van der Waals surface area (Å²) in [6, 6.07) is 8.49. The summed E-state index contributed by atoms with van der Waals surface area (Å²) in [7, 11) is 0. The molecule has 0 fully saturated rings. The second-order valence-electron chi connectivity index (χ2n) is 8.35. The van der Waals surface area contributed by atoms with Gasteiger partial charge in [-0.2, -0.15) is 5.26 Å². The van der Waals surface area contributed by atoms with Crippen LogP contribution in [0.1, 0.15) is 36.7 Å². The Morgan fingerprint density at radius 1 is 1.27 bits per heavy atom. The Balaban J connectivity index is 1.77. The minimum Gasteiger partial charge on any atom is -0.373 e. The predicted octanol–water partition coefficient (Wildman–Crippen LogP) is 4.44. The maximum atomic E-state index is 13.8. The molecule has 9 heteroatoms. The topological polar surface area (TPSA) is 98.2 Å². The fourth-order valence-corrected chi connectivity index (χ4v) is 4.10. The third-order valence-corrected chi connectivity index (χ3v) is 5.50. The van der Waals surface area contributed by atoms with E-state index in [4.69, 9.17) is 10.00 Å². The summed E-state index contributed by atoms with van der Waals surface area (Å²) < 4.78 is 33.2. The van der Waals surface area contributed by atoms with E-state index >= 15 is 0 Å². The van der Waals surface area contributed by atoms with Crippen LogP contribution < -0.4 is 10.9 Å². The summed E-state index contributed by atoms with van der Waals surface area (Å²) in [6.07, 6.45) is 0. The molecular formula is C24H22F2N4O3. The highest BCUT2D eigenvalue weighted by Crippen LogP contribution is 2.34. The molecule has 1 unspecified atom stereocenters. The number of ether oxygens (including phenoxy) is 1. The van der Waals surface area contributed by atoms with Crippen molar-refractivity contribution in [2.75, 3.05) is 18.5 Å². The van der Waals surface area contributed by atoms with Gasteiger partial charge < -0.3 is 19.9 Å². The third-order valence-electron chi connectivity index (χ3n) is 5.50. The number of amides is 2. The van der Waals surface area contributed by atoms with Crippen molar-refractivity contribution in [2.45, 2.75) is 26.5 Å². The van der Waals surface area contributed by atoms with E-state index in [1.807, 2.05) is 13.8 Å². The number of halogens is 2. The van der Waals surface area contributed by atoms with Gasteiger partial charge in [-0.15, -0.1) is 0 Å². The molecule has 7 nitrogen and oxygen atoms in total. The number of H-pyrrole nitrogens is 1. The molecule has 2 amide bonds. The van der Waals surface area contributed by atoms with Crippen LogP contribution >= 0.6 is 0 Å². The second kappa shape index (κ2) is 9.00. The molecule has 2 heterocycles. The van der Waals surface area contributed by atoms with Gasteiger partial charge in [0.2, 0.25) is 0 Å². The van der Waals surface area contributed by atoms with Crippen LogP contribution in [0.25, 0.3) is 10.8 Å². The first kappa shape index (κ1) is 22.4. The number of aromatic amines is 1. The first-order chi connectivity index (χ1) is 15.8. The highest BCUT2D eigenvalue weighted by Gasteiger charge is 2.33. The SMILES string of the molecule is CC(C)CN(C(=O)Nc1ccc(F)c(C#N)c1)C1COCc2[nH]c(=O)c3cc(F)ccc3c21. The molecule has 2 aromatic carbocycles. The van der Waals surface area contributed by atoms with Crippen LogP contribution in [0.4, 0.5) is 19.3 Å². The number of nitrogens with one attached hydrogen (secondary N) is 2. The van der Waals surface area contributed by atoms with Gasteiger partial charge in [0.25, 0.3) is 5.56 Å². The van der Waals surface area contributed by atoms with Crippen LogP contribution in [0.3, 0.4) is 0 Å². The van der Waals surface area contributed by atoms with Gasteiger partial charge in [-0.1, -0.05) is 19.9 Å². The summed E-state index contributed by atoms with van der Waals surface area (Å²) >= 11 is 0. The van der Waals surface area contributed by atoms with E-state index in [1.165, 1.54) is 24.3 Å². The lowest BCUT2D eigenvalue weighted by molar-refractivity contribution is 0.0425. The Labute approximate surface area is 188 Å². The average Bonchev–Trinajstić information content (AvgIpc) is 2.78. The summed E-state index contributed by atoms with van der Waals surface area (Å²) in [5, 5.41) is 12.6. The van der Waals surface area contributed by atoms with Gasteiger partial charge in [0, 0.05) is 23.5 Å². The van der Waals surface area contributed by atoms with Crippen molar-refractivity contribution in [1.82, 2.24) is 9.88 Å². The van der Waals surface area contributed by atoms with Crippen molar-refractivity contribution in [1.29, 1.82) is 5.26 Å². The predicted molar refractivity (Wildman–Crippen MR) is 119 cm³/mol. The van der Waals surface area contributed by atoms with Crippen LogP contribution in [0.5, 0.6) is 0 Å². The molecule has 1 aliphatic rings. The number of carbonyl (C=O) groups is 1. The maximum absolute atomic E-state index is 13.8. The molecule has 1 aliphatic heterocycles. The lowest BCUT2D eigenvalue weighted by Crippen LogP contribution is -2.44. The number of benzene rings is 2. The van der Waals surface area contributed by atoms with Gasteiger partial charge in [0.15, 0.2) is 0 Å². The van der Waals surface area contributed by atoms with Crippen molar-refractivity contribution in [2.24, 2.45) is 5.92 Å². The molecule has 33 heavy (non-hydrogen) atoms. The molecule has 0 saturated carbocycles. The number of aromatic nitrogens is 1. The second-order valence-corrected chi connectivity index (χ2v) is 8.35. The summed E-state index contributed by atoms with van der Waals surface area (Å²) in [6.45, 7) is 4.61. The lowest BCUT2D eigenvalue weighted by Gasteiger charge is -2.37. The smallest absolute Gasteiger partial charge is 0.322 e. The fourth-order valence-electron chi connectivity index (χ4n) is 4.10. The van der Waals surface area contributed by atoms with Crippen molar-refractivity contribution in [3.05, 3.63) is 75.2 Å². The Bertz CT molecular complexity index is 1330. The molecule has 0 aliphatic carbocycles. The highest BCUT2D eigenvalue weighted by molar-refractivity contribution is 5.91. The Morgan fingerprint density at radius 3 is 2.79 bits per heavy atom. The number of carbonyl (C=O) groups excluding carboxylic acids is 1. The Morgan fingerprint density at radius 2 is 2.06 bits per heavy atom. The average molecular weight is 452 g/mol. The van der Waals surface area contributed by atoms with Gasteiger partial charge in [0.1, 0.15) is 17.7 Å². The van der Waals surface area contributed by atoms with Crippen molar-refractivity contribution in [3.63, 3.8) is 0 Å². The quantitative estimate of drug-likeness (QED) is 0.612. The van der Waals surface area contributed by atoms with E-state index in [1.54, 1.807) is 17.0 Å². The molecule has 1 aromatic heterocycles. The number of hydrogen-bond donors (Lipinski definition) is 2. The van der Waals surface area contributed by atoms with E-state index in [0.29, 0.717) is 23.2 Å². The van der Waals surface area contributed by atoms with E-state index in [-0.39, 0.29) is 35.8 Å². The van der Waals surface area contributed by atoms with Crippen LogP contribution in [0, 0.1) is 28.9 Å². The van der Waals surface area contributed by atoms with Crippen LogP contribution in [-0.2, 0) is 11.3 Å². The number of nitriles is 1. The van der Waals surface area contributed by atoms with E-state index in [2.05, 4.69) is 10.3 Å². The summed E-state index contributed by atoms with van der Waals surface area (Å²) in [5.41, 5.74) is 0.897.